The Balaban J connectivity index is 1.64. The fourth-order valence-electron chi connectivity index (χ4n) is 4.13. The van der Waals surface area contributed by atoms with Crippen molar-refractivity contribution in [3.63, 3.8) is 0 Å². The lowest BCUT2D eigenvalue weighted by Gasteiger charge is -2.21. The van der Waals surface area contributed by atoms with E-state index in [2.05, 4.69) is 10.6 Å². The largest absolute Gasteiger partial charge is 0.494 e. The summed E-state index contributed by atoms with van der Waals surface area (Å²) < 4.78 is 11.3. The number of hydrogen-bond donors (Lipinski definition) is 2. The second-order valence-electron chi connectivity index (χ2n) is 8.37. The quantitative estimate of drug-likeness (QED) is 0.401. The predicted octanol–water partition coefficient (Wildman–Crippen LogP) is 6.06. The number of rotatable bonds is 10. The molecule has 0 aromatic heterocycles. The summed E-state index contributed by atoms with van der Waals surface area (Å²) in [6, 6.07) is 13.0. The molecule has 2 N–H and O–H groups in total. The van der Waals surface area contributed by atoms with E-state index in [9.17, 15) is 9.59 Å². The molecule has 7 heteroatoms. The fraction of sp³-hybridized carbons (Fsp3) is 0.481. The standard InChI is InChI=1S/C27H36N2O4S/c1-3-32-21-16-17-24(33-4-2)23(18-21)29-27(31)22-14-10-11-15-25(22)34-19-26(30)28-20-12-8-6-5-7-9-13-20/h10-11,14-18,20H,3-9,12-13,19H2,1-2H3,(H,28,30)(H,29,31). The van der Waals surface area contributed by atoms with E-state index in [0.717, 1.165) is 17.7 Å². The van der Waals surface area contributed by atoms with Gasteiger partial charge in [0.1, 0.15) is 11.5 Å². The van der Waals surface area contributed by atoms with Gasteiger partial charge >= 0.3 is 0 Å². The highest BCUT2D eigenvalue weighted by Gasteiger charge is 2.18. The smallest absolute Gasteiger partial charge is 0.256 e. The third-order valence-electron chi connectivity index (χ3n) is 5.77. The molecule has 1 fully saturated rings. The Bertz CT molecular complexity index is 942. The van der Waals surface area contributed by atoms with Gasteiger partial charge in [0.2, 0.25) is 5.91 Å². The number of carbonyl (C=O) groups is 2. The van der Waals surface area contributed by atoms with Crippen molar-refractivity contribution in [1.82, 2.24) is 5.32 Å². The summed E-state index contributed by atoms with van der Waals surface area (Å²) in [5.74, 6) is 1.30. The number of amides is 2. The van der Waals surface area contributed by atoms with Crippen LogP contribution in [0.25, 0.3) is 0 Å². The molecular formula is C27H36N2O4S. The third kappa shape index (κ3) is 7.97. The fourth-order valence-corrected chi connectivity index (χ4v) is 4.99. The Morgan fingerprint density at radius 2 is 1.65 bits per heavy atom. The van der Waals surface area contributed by atoms with Crippen molar-refractivity contribution in [3.8, 4) is 11.5 Å². The molecule has 0 unspecified atom stereocenters. The monoisotopic (exact) mass is 484 g/mol. The van der Waals surface area contributed by atoms with E-state index in [1.165, 1.54) is 43.9 Å². The lowest BCUT2D eigenvalue weighted by molar-refractivity contribution is -0.119. The second-order valence-corrected chi connectivity index (χ2v) is 9.39. The third-order valence-corrected chi connectivity index (χ3v) is 6.84. The van der Waals surface area contributed by atoms with Gasteiger partial charge in [0.25, 0.3) is 5.91 Å². The van der Waals surface area contributed by atoms with Crippen LogP contribution in [-0.2, 0) is 4.79 Å². The highest BCUT2D eigenvalue weighted by atomic mass is 32.2. The maximum absolute atomic E-state index is 13.2. The molecule has 3 rings (SSSR count). The molecular weight excluding hydrogens is 448 g/mol. The average Bonchev–Trinajstić information content (AvgIpc) is 2.81. The van der Waals surface area contributed by atoms with Crippen LogP contribution in [0.15, 0.2) is 47.4 Å². The van der Waals surface area contributed by atoms with E-state index in [1.807, 2.05) is 38.1 Å². The molecule has 1 saturated carbocycles. The van der Waals surface area contributed by atoms with Crippen molar-refractivity contribution < 1.29 is 19.1 Å². The zero-order chi connectivity index (χ0) is 24.2. The molecule has 0 aliphatic heterocycles. The lowest BCUT2D eigenvalue weighted by atomic mass is 9.97. The maximum Gasteiger partial charge on any atom is 0.256 e. The van der Waals surface area contributed by atoms with E-state index in [0.29, 0.717) is 36.0 Å². The molecule has 0 atom stereocenters. The van der Waals surface area contributed by atoms with Crippen molar-refractivity contribution in [3.05, 3.63) is 48.0 Å². The molecule has 0 spiro atoms. The van der Waals surface area contributed by atoms with E-state index < -0.39 is 0 Å². The van der Waals surface area contributed by atoms with E-state index in [4.69, 9.17) is 9.47 Å². The molecule has 2 aromatic carbocycles. The molecule has 34 heavy (non-hydrogen) atoms. The van der Waals surface area contributed by atoms with Crippen LogP contribution in [0, 0.1) is 0 Å². The molecule has 2 aromatic rings. The Morgan fingerprint density at radius 3 is 2.38 bits per heavy atom. The van der Waals surface area contributed by atoms with Gasteiger partial charge in [0.15, 0.2) is 0 Å². The van der Waals surface area contributed by atoms with Gasteiger partial charge in [-0.3, -0.25) is 9.59 Å². The normalized spacial score (nSPS) is 14.5. The summed E-state index contributed by atoms with van der Waals surface area (Å²) in [5.41, 5.74) is 1.08. The zero-order valence-electron chi connectivity index (χ0n) is 20.2. The minimum atomic E-state index is -0.252. The highest BCUT2D eigenvalue weighted by Crippen LogP contribution is 2.31. The Hall–Kier alpha value is -2.67. The van der Waals surface area contributed by atoms with Gasteiger partial charge in [0, 0.05) is 17.0 Å². The van der Waals surface area contributed by atoms with Gasteiger partial charge in [-0.1, -0.05) is 44.2 Å². The van der Waals surface area contributed by atoms with Crippen molar-refractivity contribution >= 4 is 29.3 Å². The first-order valence-corrected chi connectivity index (χ1v) is 13.3. The van der Waals surface area contributed by atoms with Crippen LogP contribution in [-0.4, -0.2) is 36.8 Å². The second kappa shape index (κ2) is 13.9. The first-order chi connectivity index (χ1) is 16.6. The first kappa shape index (κ1) is 25.9. The highest BCUT2D eigenvalue weighted by molar-refractivity contribution is 8.00. The number of benzene rings is 2. The van der Waals surface area contributed by atoms with Crippen LogP contribution in [0.3, 0.4) is 0 Å². The topological polar surface area (TPSA) is 76.7 Å². The number of anilines is 1. The number of nitrogens with one attached hydrogen (secondary N) is 2. The van der Waals surface area contributed by atoms with E-state index in [-0.39, 0.29) is 23.6 Å². The van der Waals surface area contributed by atoms with Crippen LogP contribution in [0.4, 0.5) is 5.69 Å². The van der Waals surface area contributed by atoms with E-state index in [1.54, 1.807) is 18.2 Å². The Kier molecular flexibility index (Phi) is 10.6. The summed E-state index contributed by atoms with van der Waals surface area (Å²) in [6.07, 6.45) is 8.27. The molecule has 6 nitrogen and oxygen atoms in total. The Morgan fingerprint density at radius 1 is 0.941 bits per heavy atom. The van der Waals surface area contributed by atoms with Gasteiger partial charge in [-0.05, 0) is 51.0 Å². The van der Waals surface area contributed by atoms with Crippen molar-refractivity contribution in [2.45, 2.75) is 69.7 Å². The van der Waals surface area contributed by atoms with Crippen molar-refractivity contribution in [1.29, 1.82) is 0 Å². The van der Waals surface area contributed by atoms with Crippen LogP contribution < -0.4 is 20.1 Å². The summed E-state index contributed by atoms with van der Waals surface area (Å²) in [7, 11) is 0. The summed E-state index contributed by atoms with van der Waals surface area (Å²) in [5, 5.41) is 6.15. The molecule has 0 bridgehead atoms. The van der Waals surface area contributed by atoms with Gasteiger partial charge < -0.3 is 20.1 Å². The van der Waals surface area contributed by atoms with Crippen LogP contribution in [0.5, 0.6) is 11.5 Å². The van der Waals surface area contributed by atoms with Crippen LogP contribution in [0.2, 0.25) is 0 Å². The maximum atomic E-state index is 13.2. The number of carbonyl (C=O) groups excluding carboxylic acids is 2. The van der Waals surface area contributed by atoms with Crippen LogP contribution >= 0.6 is 11.8 Å². The Labute approximate surface area is 207 Å². The molecule has 0 saturated heterocycles. The van der Waals surface area contributed by atoms with Gasteiger partial charge in [-0.15, -0.1) is 11.8 Å². The molecule has 1 aliphatic carbocycles. The van der Waals surface area contributed by atoms with Crippen molar-refractivity contribution in [2.24, 2.45) is 0 Å². The molecule has 2 amide bonds. The van der Waals surface area contributed by atoms with Crippen LogP contribution in [0.1, 0.15) is 69.2 Å². The minimum Gasteiger partial charge on any atom is -0.494 e. The first-order valence-electron chi connectivity index (χ1n) is 12.3. The number of thioether (sulfide) groups is 1. The summed E-state index contributed by atoms with van der Waals surface area (Å²) in [4.78, 5) is 26.5. The van der Waals surface area contributed by atoms with Gasteiger partial charge in [0.05, 0.1) is 30.2 Å². The summed E-state index contributed by atoms with van der Waals surface area (Å²) >= 11 is 1.39. The molecule has 0 radical (unpaired) electrons. The van der Waals surface area contributed by atoms with Gasteiger partial charge in [-0.25, -0.2) is 0 Å². The zero-order valence-corrected chi connectivity index (χ0v) is 21.0. The number of hydrogen-bond acceptors (Lipinski definition) is 5. The molecule has 1 aliphatic rings. The molecule has 184 valence electrons. The van der Waals surface area contributed by atoms with E-state index >= 15 is 0 Å². The predicted molar refractivity (Wildman–Crippen MR) is 138 cm³/mol. The van der Waals surface area contributed by atoms with Gasteiger partial charge in [-0.2, -0.15) is 0 Å². The lowest BCUT2D eigenvalue weighted by Crippen LogP contribution is -2.36. The summed E-state index contributed by atoms with van der Waals surface area (Å²) in [6.45, 7) is 4.83. The average molecular weight is 485 g/mol. The SMILES string of the molecule is CCOc1ccc(OCC)c(NC(=O)c2ccccc2SCC(=O)NC2CCCCCCC2)c1. The molecule has 0 heterocycles. The number of ether oxygens (including phenoxy) is 2. The minimum absolute atomic E-state index is 0.0221. The van der Waals surface area contributed by atoms with Crippen molar-refractivity contribution in [2.75, 3.05) is 24.3 Å².